The molecular formula is C23H22N2O4. The van der Waals surface area contributed by atoms with Crippen molar-refractivity contribution in [1.29, 1.82) is 0 Å². The Hall–Kier alpha value is -3.54. The molecular weight excluding hydrogens is 368 g/mol. The minimum Gasteiger partial charge on any atom is -0.487 e. The van der Waals surface area contributed by atoms with Gasteiger partial charge in [-0.05, 0) is 48.9 Å². The quantitative estimate of drug-likeness (QED) is 0.695. The molecule has 0 unspecified atom stereocenters. The molecule has 1 aliphatic rings. The number of para-hydroxylation sites is 2. The van der Waals surface area contributed by atoms with E-state index in [0.29, 0.717) is 18.1 Å². The number of carbonyl (C=O) groups is 1. The molecule has 1 amide bonds. The summed E-state index contributed by atoms with van der Waals surface area (Å²) in [5.41, 5.74) is 1.79. The van der Waals surface area contributed by atoms with Crippen LogP contribution >= 0.6 is 0 Å². The molecule has 0 saturated carbocycles. The molecule has 1 aromatic heterocycles. The first-order valence-corrected chi connectivity index (χ1v) is 9.50. The van der Waals surface area contributed by atoms with E-state index in [1.807, 2.05) is 67.6 Å². The van der Waals surface area contributed by atoms with Gasteiger partial charge in [0.05, 0.1) is 11.7 Å². The van der Waals surface area contributed by atoms with E-state index < -0.39 is 6.10 Å². The molecule has 3 aromatic rings. The fourth-order valence-electron chi connectivity index (χ4n) is 3.05. The van der Waals surface area contributed by atoms with Crippen molar-refractivity contribution in [3.05, 3.63) is 84.2 Å². The van der Waals surface area contributed by atoms with Crippen molar-refractivity contribution >= 4 is 5.91 Å². The summed E-state index contributed by atoms with van der Waals surface area (Å²) in [4.78, 5) is 16.9. The monoisotopic (exact) mass is 390 g/mol. The smallest absolute Gasteiger partial charge is 0.265 e. The van der Waals surface area contributed by atoms with Crippen LogP contribution in [0.4, 0.5) is 0 Å². The first-order valence-electron chi connectivity index (χ1n) is 9.50. The van der Waals surface area contributed by atoms with Crippen LogP contribution in [0.5, 0.6) is 17.2 Å². The molecule has 2 aromatic carbocycles. The van der Waals surface area contributed by atoms with E-state index in [1.54, 1.807) is 12.3 Å². The number of aromatic nitrogens is 1. The van der Waals surface area contributed by atoms with Crippen LogP contribution in [0.1, 0.15) is 24.2 Å². The van der Waals surface area contributed by atoms with Crippen LogP contribution in [-0.2, 0) is 11.4 Å². The molecule has 0 fully saturated rings. The van der Waals surface area contributed by atoms with Crippen LogP contribution in [0.15, 0.2) is 72.9 Å². The summed E-state index contributed by atoms with van der Waals surface area (Å²) in [5, 5.41) is 2.99. The maximum atomic E-state index is 12.6. The van der Waals surface area contributed by atoms with Gasteiger partial charge >= 0.3 is 0 Å². The molecule has 6 heteroatoms. The van der Waals surface area contributed by atoms with Gasteiger partial charge in [-0.15, -0.1) is 0 Å². The van der Waals surface area contributed by atoms with E-state index in [1.165, 1.54) is 0 Å². The topological polar surface area (TPSA) is 69.7 Å². The number of fused-ring (bicyclic) bond motifs is 1. The Labute approximate surface area is 169 Å². The van der Waals surface area contributed by atoms with Crippen molar-refractivity contribution in [1.82, 2.24) is 10.3 Å². The van der Waals surface area contributed by atoms with Gasteiger partial charge in [0.1, 0.15) is 19.0 Å². The van der Waals surface area contributed by atoms with E-state index in [-0.39, 0.29) is 18.6 Å². The third-order valence-corrected chi connectivity index (χ3v) is 4.63. The summed E-state index contributed by atoms with van der Waals surface area (Å²) in [6, 6.07) is 20.5. The molecule has 2 atom stereocenters. The van der Waals surface area contributed by atoms with Crippen molar-refractivity contribution in [2.75, 3.05) is 6.61 Å². The van der Waals surface area contributed by atoms with Gasteiger partial charge < -0.3 is 19.5 Å². The number of hydrogen-bond donors (Lipinski definition) is 1. The zero-order valence-corrected chi connectivity index (χ0v) is 16.1. The van der Waals surface area contributed by atoms with Crippen LogP contribution in [0.25, 0.3) is 0 Å². The summed E-state index contributed by atoms with van der Waals surface area (Å²) in [7, 11) is 0. The molecule has 0 saturated heterocycles. The fourth-order valence-corrected chi connectivity index (χ4v) is 3.05. The Morgan fingerprint density at radius 3 is 2.79 bits per heavy atom. The molecule has 4 rings (SSSR count). The molecule has 0 aliphatic carbocycles. The molecule has 148 valence electrons. The number of nitrogens with one attached hydrogen (secondary N) is 1. The zero-order valence-electron chi connectivity index (χ0n) is 16.1. The highest BCUT2D eigenvalue weighted by molar-refractivity contribution is 5.82. The van der Waals surface area contributed by atoms with Crippen LogP contribution in [0.3, 0.4) is 0 Å². The first-order chi connectivity index (χ1) is 14.2. The first kappa shape index (κ1) is 18.8. The molecule has 1 aliphatic heterocycles. The van der Waals surface area contributed by atoms with Gasteiger partial charge in [0.15, 0.2) is 11.5 Å². The Morgan fingerprint density at radius 1 is 1.14 bits per heavy atom. The number of benzene rings is 2. The minimum atomic E-state index is -0.684. The lowest BCUT2D eigenvalue weighted by molar-refractivity contribution is -0.131. The average Bonchev–Trinajstić information content (AvgIpc) is 2.78. The number of amides is 1. The highest BCUT2D eigenvalue weighted by atomic mass is 16.6. The van der Waals surface area contributed by atoms with Crippen molar-refractivity contribution < 1.29 is 19.0 Å². The number of rotatable bonds is 6. The van der Waals surface area contributed by atoms with E-state index in [4.69, 9.17) is 14.2 Å². The van der Waals surface area contributed by atoms with Crippen molar-refractivity contribution in [3.8, 4) is 17.2 Å². The largest absolute Gasteiger partial charge is 0.487 e. The SMILES string of the molecule is C[C@@H](NC(=O)[C@H]1COc2ccccc2O1)c1cccc(OCc2ccccn2)c1. The third-order valence-electron chi connectivity index (χ3n) is 4.63. The predicted octanol–water partition coefficient (Wildman–Crippen LogP) is 3.68. The average molecular weight is 390 g/mol. The lowest BCUT2D eigenvalue weighted by Gasteiger charge is -2.27. The summed E-state index contributed by atoms with van der Waals surface area (Å²) >= 11 is 0. The standard InChI is InChI=1S/C23H22N2O4/c1-16(25-23(26)22-15-28-20-10-2-3-11-21(20)29-22)17-7-6-9-19(13-17)27-14-18-8-4-5-12-24-18/h2-13,16,22H,14-15H2,1H3,(H,25,26)/t16-,22-/m1/s1. The summed E-state index contributed by atoms with van der Waals surface area (Å²) in [6.07, 6.45) is 1.05. The Balaban J connectivity index is 1.36. The number of ether oxygens (including phenoxy) is 3. The molecule has 0 spiro atoms. The maximum absolute atomic E-state index is 12.6. The van der Waals surface area contributed by atoms with Crippen LogP contribution in [0, 0.1) is 0 Å². The summed E-state index contributed by atoms with van der Waals surface area (Å²) in [6.45, 7) is 2.49. The number of nitrogens with zero attached hydrogens (tertiary/aromatic N) is 1. The van der Waals surface area contributed by atoms with Gasteiger partial charge in [-0.2, -0.15) is 0 Å². The van der Waals surface area contributed by atoms with Crippen molar-refractivity contribution in [2.24, 2.45) is 0 Å². The molecule has 6 nitrogen and oxygen atoms in total. The number of hydrogen-bond acceptors (Lipinski definition) is 5. The normalized spacial score (nSPS) is 16.0. The van der Waals surface area contributed by atoms with Crippen LogP contribution in [0.2, 0.25) is 0 Å². The molecule has 29 heavy (non-hydrogen) atoms. The molecule has 0 bridgehead atoms. The third kappa shape index (κ3) is 4.66. The van der Waals surface area contributed by atoms with Gasteiger partial charge in [-0.25, -0.2) is 0 Å². The van der Waals surface area contributed by atoms with E-state index in [0.717, 1.165) is 17.0 Å². The second-order valence-corrected chi connectivity index (χ2v) is 6.78. The van der Waals surface area contributed by atoms with E-state index in [9.17, 15) is 4.79 Å². The van der Waals surface area contributed by atoms with Gasteiger partial charge in [-0.1, -0.05) is 30.3 Å². The highest BCUT2D eigenvalue weighted by Crippen LogP contribution is 2.31. The lowest BCUT2D eigenvalue weighted by atomic mass is 10.1. The van der Waals surface area contributed by atoms with Gasteiger partial charge in [0.2, 0.25) is 6.10 Å². The predicted molar refractivity (Wildman–Crippen MR) is 108 cm³/mol. The van der Waals surface area contributed by atoms with Crippen LogP contribution in [-0.4, -0.2) is 23.6 Å². The second kappa shape index (κ2) is 8.65. The van der Waals surface area contributed by atoms with Gasteiger partial charge in [0, 0.05) is 6.20 Å². The molecule has 2 heterocycles. The zero-order chi connectivity index (χ0) is 20.1. The maximum Gasteiger partial charge on any atom is 0.265 e. The minimum absolute atomic E-state index is 0.183. The van der Waals surface area contributed by atoms with E-state index in [2.05, 4.69) is 10.3 Å². The van der Waals surface area contributed by atoms with Gasteiger partial charge in [0.25, 0.3) is 5.91 Å². The number of pyridine rings is 1. The Morgan fingerprint density at radius 2 is 1.97 bits per heavy atom. The van der Waals surface area contributed by atoms with Gasteiger partial charge in [-0.3, -0.25) is 9.78 Å². The highest BCUT2D eigenvalue weighted by Gasteiger charge is 2.28. The van der Waals surface area contributed by atoms with E-state index >= 15 is 0 Å². The molecule has 0 radical (unpaired) electrons. The second-order valence-electron chi connectivity index (χ2n) is 6.78. The Bertz CT molecular complexity index is 977. The van der Waals surface area contributed by atoms with Crippen molar-refractivity contribution in [3.63, 3.8) is 0 Å². The summed E-state index contributed by atoms with van der Waals surface area (Å²) < 4.78 is 17.2. The Kier molecular flexibility index (Phi) is 5.61. The van der Waals surface area contributed by atoms with Crippen LogP contribution < -0.4 is 19.5 Å². The lowest BCUT2D eigenvalue weighted by Crippen LogP contribution is -2.44. The fraction of sp³-hybridized carbons (Fsp3) is 0.217. The summed E-state index contributed by atoms with van der Waals surface area (Å²) in [5.74, 6) is 1.74. The molecule has 1 N–H and O–H groups in total. The number of carbonyl (C=O) groups excluding carboxylic acids is 1. The van der Waals surface area contributed by atoms with Crippen molar-refractivity contribution in [2.45, 2.75) is 25.7 Å².